The van der Waals surface area contributed by atoms with E-state index in [2.05, 4.69) is 11.1 Å². The number of rotatable bonds is 2. The zero-order valence-corrected chi connectivity index (χ0v) is 14.5. The molecule has 0 bridgehead atoms. The molecule has 2 aromatic carbocycles. The van der Waals surface area contributed by atoms with Crippen molar-refractivity contribution >= 4 is 38.1 Å². The molecule has 5 nitrogen and oxygen atoms in total. The topological polar surface area (TPSA) is 74.1 Å². The van der Waals surface area contributed by atoms with Crippen LogP contribution in [0.5, 0.6) is 0 Å². The first-order valence-electron chi connectivity index (χ1n) is 7.60. The molecule has 0 saturated carbocycles. The van der Waals surface area contributed by atoms with Crippen LogP contribution in [0.2, 0.25) is 5.02 Å². The van der Waals surface area contributed by atoms with E-state index in [1.54, 1.807) is 36.7 Å². The second-order valence-electron chi connectivity index (χ2n) is 5.78. The summed E-state index contributed by atoms with van der Waals surface area (Å²) in [4.78, 5) is 4.18. The van der Waals surface area contributed by atoms with Crippen LogP contribution in [0.25, 0.3) is 10.8 Å². The fourth-order valence-corrected chi connectivity index (χ4v) is 5.17. The first-order valence-corrected chi connectivity index (χ1v) is 9.41. The third-order valence-electron chi connectivity index (χ3n) is 4.32. The van der Waals surface area contributed by atoms with Crippen LogP contribution in [0.4, 0.5) is 5.69 Å². The Bertz CT molecular complexity index is 1150. The van der Waals surface area contributed by atoms with Gasteiger partial charge in [0.25, 0.3) is 10.0 Å². The molecular formula is C18H12ClN3O2S. The van der Waals surface area contributed by atoms with Crippen molar-refractivity contribution in [3.8, 4) is 6.07 Å². The van der Waals surface area contributed by atoms with Gasteiger partial charge < -0.3 is 0 Å². The highest BCUT2D eigenvalue weighted by Crippen LogP contribution is 2.36. The lowest BCUT2D eigenvalue weighted by molar-refractivity contribution is 0.593. The minimum absolute atomic E-state index is 0.146. The van der Waals surface area contributed by atoms with E-state index in [4.69, 9.17) is 16.9 Å². The smallest absolute Gasteiger partial charge is 0.265 e. The Labute approximate surface area is 150 Å². The summed E-state index contributed by atoms with van der Waals surface area (Å²) in [5, 5.41) is 10.7. The van der Waals surface area contributed by atoms with Crippen molar-refractivity contribution in [2.45, 2.75) is 11.3 Å². The molecular weight excluding hydrogens is 358 g/mol. The summed E-state index contributed by atoms with van der Waals surface area (Å²) < 4.78 is 28.0. The summed E-state index contributed by atoms with van der Waals surface area (Å²) in [5.74, 6) is 0. The molecule has 0 saturated heterocycles. The molecule has 1 aliphatic rings. The predicted octanol–water partition coefficient (Wildman–Crippen LogP) is 3.51. The predicted molar refractivity (Wildman–Crippen MR) is 96.1 cm³/mol. The van der Waals surface area contributed by atoms with E-state index >= 15 is 0 Å². The average molecular weight is 370 g/mol. The molecule has 4 rings (SSSR count). The standard InChI is InChI=1S/C18H12ClN3O2S/c19-15-8-14-11-21-5-3-16(14)18(9-15)25(23,24)22-6-4-13-2-1-12(10-20)7-17(13)22/h1-3,5,7-9,11H,4,6H2. The highest BCUT2D eigenvalue weighted by molar-refractivity contribution is 7.93. The highest BCUT2D eigenvalue weighted by Gasteiger charge is 2.32. The van der Waals surface area contributed by atoms with Gasteiger partial charge in [-0.2, -0.15) is 5.26 Å². The molecule has 0 spiro atoms. The number of aromatic nitrogens is 1. The monoisotopic (exact) mass is 369 g/mol. The van der Waals surface area contributed by atoms with Crippen LogP contribution in [-0.4, -0.2) is 19.9 Å². The summed E-state index contributed by atoms with van der Waals surface area (Å²) in [6.45, 7) is 0.339. The molecule has 25 heavy (non-hydrogen) atoms. The van der Waals surface area contributed by atoms with E-state index in [0.717, 1.165) is 5.56 Å². The van der Waals surface area contributed by atoms with Gasteiger partial charge in [0.2, 0.25) is 0 Å². The highest BCUT2D eigenvalue weighted by atomic mass is 35.5. The SMILES string of the molecule is N#Cc1ccc2c(c1)N(S(=O)(=O)c1cc(Cl)cc3cnccc13)CC2. The minimum atomic E-state index is -3.81. The van der Waals surface area contributed by atoms with Crippen LogP contribution < -0.4 is 4.31 Å². The molecule has 0 unspecified atom stereocenters. The van der Waals surface area contributed by atoms with Crippen molar-refractivity contribution in [2.24, 2.45) is 0 Å². The number of sulfonamides is 1. The maximum Gasteiger partial charge on any atom is 0.265 e. The molecule has 3 aromatic rings. The van der Waals surface area contributed by atoms with Crippen molar-refractivity contribution in [3.63, 3.8) is 0 Å². The first kappa shape index (κ1) is 15.9. The molecule has 1 aliphatic heterocycles. The minimum Gasteiger partial charge on any atom is -0.266 e. The van der Waals surface area contributed by atoms with E-state index in [9.17, 15) is 8.42 Å². The van der Waals surface area contributed by atoms with Gasteiger partial charge in [0.1, 0.15) is 0 Å². The molecule has 2 heterocycles. The number of nitriles is 1. The Morgan fingerprint density at radius 2 is 2.04 bits per heavy atom. The number of hydrogen-bond donors (Lipinski definition) is 0. The van der Waals surface area contributed by atoms with Gasteiger partial charge in [0.15, 0.2) is 0 Å². The first-order chi connectivity index (χ1) is 12.0. The van der Waals surface area contributed by atoms with E-state index in [1.165, 1.54) is 10.4 Å². The number of anilines is 1. The normalized spacial score (nSPS) is 13.7. The Balaban J connectivity index is 1.93. The quantitative estimate of drug-likeness (QED) is 0.692. The van der Waals surface area contributed by atoms with E-state index in [1.807, 2.05) is 6.07 Å². The van der Waals surface area contributed by atoms with Crippen LogP contribution in [0.15, 0.2) is 53.7 Å². The summed E-state index contributed by atoms with van der Waals surface area (Å²) in [6.07, 6.45) is 3.76. The van der Waals surface area contributed by atoms with Gasteiger partial charge >= 0.3 is 0 Å². The molecule has 0 N–H and O–H groups in total. The number of hydrogen-bond acceptors (Lipinski definition) is 4. The van der Waals surface area contributed by atoms with E-state index < -0.39 is 10.0 Å². The van der Waals surface area contributed by atoms with Gasteiger partial charge in [0.05, 0.1) is 22.2 Å². The number of pyridine rings is 1. The Morgan fingerprint density at radius 1 is 1.20 bits per heavy atom. The molecule has 7 heteroatoms. The van der Waals surface area contributed by atoms with Crippen LogP contribution in [0, 0.1) is 11.3 Å². The van der Waals surface area contributed by atoms with Gasteiger partial charge in [-0.05, 0) is 42.3 Å². The van der Waals surface area contributed by atoms with Gasteiger partial charge in [-0.1, -0.05) is 17.7 Å². The summed E-state index contributed by atoms with van der Waals surface area (Å²) in [6, 6.07) is 12.0. The second-order valence-corrected chi connectivity index (χ2v) is 8.05. The molecule has 0 fully saturated rings. The van der Waals surface area contributed by atoms with Crippen LogP contribution >= 0.6 is 11.6 Å². The van der Waals surface area contributed by atoms with E-state index in [0.29, 0.717) is 40.0 Å². The lowest BCUT2D eigenvalue weighted by Gasteiger charge is -2.21. The molecule has 0 amide bonds. The van der Waals surface area contributed by atoms with Gasteiger partial charge in [-0.25, -0.2) is 8.42 Å². The molecule has 0 aliphatic carbocycles. The summed E-state index contributed by atoms with van der Waals surface area (Å²) in [7, 11) is -3.81. The third kappa shape index (κ3) is 2.53. The Morgan fingerprint density at radius 3 is 2.84 bits per heavy atom. The van der Waals surface area contributed by atoms with Gasteiger partial charge in [-0.3, -0.25) is 9.29 Å². The zero-order valence-electron chi connectivity index (χ0n) is 13.0. The van der Waals surface area contributed by atoms with Crippen LogP contribution in [0.3, 0.4) is 0 Å². The maximum atomic E-state index is 13.3. The number of nitrogens with zero attached hydrogens (tertiary/aromatic N) is 3. The van der Waals surface area contributed by atoms with Crippen molar-refractivity contribution in [1.29, 1.82) is 5.26 Å². The average Bonchev–Trinajstić information content (AvgIpc) is 3.04. The fraction of sp³-hybridized carbons (Fsp3) is 0.111. The van der Waals surface area contributed by atoms with Crippen molar-refractivity contribution in [1.82, 2.24) is 4.98 Å². The van der Waals surface area contributed by atoms with Crippen molar-refractivity contribution < 1.29 is 8.42 Å². The number of benzene rings is 2. The van der Waals surface area contributed by atoms with Crippen LogP contribution in [-0.2, 0) is 16.4 Å². The van der Waals surface area contributed by atoms with Crippen molar-refractivity contribution in [3.05, 3.63) is 64.9 Å². The van der Waals surface area contributed by atoms with Gasteiger partial charge in [0, 0.05) is 34.7 Å². The Kier molecular flexibility index (Phi) is 3.64. The second kappa shape index (κ2) is 5.73. The van der Waals surface area contributed by atoms with E-state index in [-0.39, 0.29) is 4.90 Å². The third-order valence-corrected chi connectivity index (χ3v) is 6.39. The lowest BCUT2D eigenvalue weighted by atomic mass is 10.1. The molecule has 1 aromatic heterocycles. The maximum absolute atomic E-state index is 13.3. The lowest BCUT2D eigenvalue weighted by Crippen LogP contribution is -2.29. The largest absolute Gasteiger partial charge is 0.266 e. The molecule has 124 valence electrons. The van der Waals surface area contributed by atoms with Gasteiger partial charge in [-0.15, -0.1) is 0 Å². The van der Waals surface area contributed by atoms with Crippen molar-refractivity contribution in [2.75, 3.05) is 10.8 Å². The molecule has 0 radical (unpaired) electrons. The molecule has 0 atom stereocenters. The number of halogens is 1. The summed E-state index contributed by atoms with van der Waals surface area (Å²) >= 11 is 6.13. The number of fused-ring (bicyclic) bond motifs is 2. The zero-order chi connectivity index (χ0) is 17.6. The Hall–Kier alpha value is -2.62. The summed E-state index contributed by atoms with van der Waals surface area (Å²) in [5.41, 5.74) is 1.90. The fourth-order valence-electron chi connectivity index (χ4n) is 3.14. The van der Waals surface area contributed by atoms with Crippen LogP contribution in [0.1, 0.15) is 11.1 Å².